The second-order valence-electron chi connectivity index (χ2n) is 9.68. The third-order valence-electron chi connectivity index (χ3n) is 5.90. The van der Waals surface area contributed by atoms with Gasteiger partial charge in [-0.05, 0) is 29.8 Å². The first-order chi connectivity index (χ1) is 18.1. The number of benzene rings is 2. The van der Waals surface area contributed by atoms with Crippen molar-refractivity contribution < 1.29 is 22.9 Å². The zero-order chi connectivity index (χ0) is 27.0. The number of carbonyl (C=O) groups is 2. The Morgan fingerprint density at radius 1 is 1.05 bits per heavy atom. The van der Waals surface area contributed by atoms with Crippen molar-refractivity contribution in [1.29, 1.82) is 0 Å². The smallest absolute Gasteiger partial charge is 0.292 e. The summed E-state index contributed by atoms with van der Waals surface area (Å²) in [5.41, 5.74) is 2.56. The Balaban J connectivity index is 1.37. The molecule has 3 heterocycles. The van der Waals surface area contributed by atoms with Crippen LogP contribution in [0.25, 0.3) is 27.9 Å². The molecule has 0 aliphatic heterocycles. The number of nitrogens with one attached hydrogen (secondary N) is 1. The van der Waals surface area contributed by atoms with Gasteiger partial charge in [0.05, 0.1) is 16.8 Å². The molecule has 0 bridgehead atoms. The third-order valence-corrected chi connectivity index (χ3v) is 5.90. The lowest BCUT2D eigenvalue weighted by Gasteiger charge is -2.10. The van der Waals surface area contributed by atoms with E-state index in [2.05, 4.69) is 25.5 Å². The van der Waals surface area contributed by atoms with Crippen LogP contribution in [0.15, 0.2) is 59.5 Å². The van der Waals surface area contributed by atoms with Crippen molar-refractivity contribution in [3.63, 3.8) is 0 Å². The molecule has 9 nitrogen and oxygen atoms in total. The molecular formula is C27H22F2N6O3. The van der Waals surface area contributed by atoms with Crippen molar-refractivity contribution in [3.8, 4) is 22.4 Å². The molecule has 11 heteroatoms. The van der Waals surface area contributed by atoms with Crippen molar-refractivity contribution in [2.24, 2.45) is 0 Å². The topological polar surface area (TPSA) is 115 Å². The van der Waals surface area contributed by atoms with Gasteiger partial charge in [0.25, 0.3) is 11.7 Å². The Hall–Kier alpha value is -4.80. The van der Waals surface area contributed by atoms with E-state index >= 15 is 4.39 Å². The second-order valence-corrected chi connectivity index (χ2v) is 9.68. The minimum absolute atomic E-state index is 0.0308. The molecule has 0 aliphatic rings. The molecule has 5 aromatic rings. The maximum absolute atomic E-state index is 15.0. The molecule has 0 fully saturated rings. The van der Waals surface area contributed by atoms with Gasteiger partial charge in [-0.2, -0.15) is 10.1 Å². The van der Waals surface area contributed by atoms with Crippen LogP contribution < -0.4 is 5.32 Å². The van der Waals surface area contributed by atoms with Crippen LogP contribution in [0.3, 0.4) is 0 Å². The van der Waals surface area contributed by atoms with Gasteiger partial charge in [0.1, 0.15) is 18.0 Å². The van der Waals surface area contributed by atoms with E-state index in [4.69, 9.17) is 4.52 Å². The normalized spacial score (nSPS) is 11.6. The lowest BCUT2D eigenvalue weighted by molar-refractivity contribution is 0.0937. The second kappa shape index (κ2) is 9.58. The maximum atomic E-state index is 15.0. The van der Waals surface area contributed by atoms with Gasteiger partial charge >= 0.3 is 0 Å². The zero-order valence-electron chi connectivity index (χ0n) is 20.7. The standard InChI is InChI=1S/C27H22F2N6O3/c1-27(2,3)26-33-24(34-38-26)25(37)30-11-17-6-5-16(9-20(17)28)23-22-10-19(12-35(22)32-14-31-23)15-4-7-18(13-36)21(29)8-15/h4-10,12-14H,11H2,1-3H3,(H,30,37). The van der Waals surface area contributed by atoms with Gasteiger partial charge in [-0.25, -0.2) is 18.3 Å². The van der Waals surface area contributed by atoms with Gasteiger partial charge in [-0.3, -0.25) is 9.59 Å². The quantitative estimate of drug-likeness (QED) is 0.324. The van der Waals surface area contributed by atoms with Crippen LogP contribution >= 0.6 is 0 Å². The number of fused-ring (bicyclic) bond motifs is 1. The molecule has 0 saturated carbocycles. The van der Waals surface area contributed by atoms with Gasteiger partial charge in [0, 0.05) is 34.8 Å². The Bertz CT molecular complexity index is 1690. The highest BCUT2D eigenvalue weighted by atomic mass is 19.1. The first kappa shape index (κ1) is 24.9. The van der Waals surface area contributed by atoms with Gasteiger partial charge in [0.2, 0.25) is 5.89 Å². The van der Waals surface area contributed by atoms with E-state index in [0.717, 1.165) is 0 Å². The predicted octanol–water partition coefficient (Wildman–Crippen LogP) is 4.76. The number of amides is 1. The van der Waals surface area contributed by atoms with E-state index in [1.54, 1.807) is 35.0 Å². The molecule has 192 valence electrons. The molecule has 1 N–H and O–H groups in total. The van der Waals surface area contributed by atoms with Crippen molar-refractivity contribution >= 4 is 17.7 Å². The summed E-state index contributed by atoms with van der Waals surface area (Å²) >= 11 is 0. The minimum atomic E-state index is -0.627. The van der Waals surface area contributed by atoms with E-state index in [1.807, 2.05) is 20.8 Å². The van der Waals surface area contributed by atoms with Gasteiger partial charge in [0.15, 0.2) is 6.29 Å². The van der Waals surface area contributed by atoms with E-state index in [9.17, 15) is 14.0 Å². The van der Waals surface area contributed by atoms with E-state index in [1.165, 1.54) is 24.5 Å². The van der Waals surface area contributed by atoms with Crippen LogP contribution in [0.4, 0.5) is 8.78 Å². The summed E-state index contributed by atoms with van der Waals surface area (Å²) in [7, 11) is 0. The molecule has 1 amide bonds. The summed E-state index contributed by atoms with van der Waals surface area (Å²) in [6.07, 6.45) is 3.49. The first-order valence-electron chi connectivity index (χ1n) is 11.6. The maximum Gasteiger partial charge on any atom is 0.292 e. The highest BCUT2D eigenvalue weighted by Crippen LogP contribution is 2.29. The van der Waals surface area contributed by atoms with E-state index in [0.29, 0.717) is 40.1 Å². The molecule has 0 saturated heterocycles. The van der Waals surface area contributed by atoms with Crippen LogP contribution in [0.5, 0.6) is 0 Å². The number of aldehydes is 1. The number of halogens is 2. The Labute approximate surface area is 215 Å². The van der Waals surface area contributed by atoms with E-state index in [-0.39, 0.29) is 23.5 Å². The highest BCUT2D eigenvalue weighted by molar-refractivity contribution is 5.90. The van der Waals surface area contributed by atoms with Crippen molar-refractivity contribution in [1.82, 2.24) is 30.1 Å². The predicted molar refractivity (Wildman–Crippen MR) is 133 cm³/mol. The molecule has 5 rings (SSSR count). The summed E-state index contributed by atoms with van der Waals surface area (Å²) in [5.74, 6) is -1.55. The highest BCUT2D eigenvalue weighted by Gasteiger charge is 2.24. The van der Waals surface area contributed by atoms with Gasteiger partial charge in [-0.1, -0.05) is 44.1 Å². The van der Waals surface area contributed by atoms with Crippen molar-refractivity contribution in [2.45, 2.75) is 32.7 Å². The lowest BCUT2D eigenvalue weighted by atomic mass is 9.97. The van der Waals surface area contributed by atoms with Crippen LogP contribution in [0, 0.1) is 11.6 Å². The largest absolute Gasteiger partial charge is 0.345 e. The lowest BCUT2D eigenvalue weighted by Crippen LogP contribution is -2.24. The molecule has 0 radical (unpaired) electrons. The van der Waals surface area contributed by atoms with Crippen LogP contribution in [-0.4, -0.2) is 36.9 Å². The molecule has 0 unspecified atom stereocenters. The van der Waals surface area contributed by atoms with Gasteiger partial charge < -0.3 is 9.84 Å². The van der Waals surface area contributed by atoms with Crippen LogP contribution in [-0.2, 0) is 12.0 Å². The summed E-state index contributed by atoms with van der Waals surface area (Å²) < 4.78 is 35.8. The molecule has 0 spiro atoms. The number of hydrogen-bond donors (Lipinski definition) is 1. The number of aromatic nitrogens is 5. The number of nitrogens with zero attached hydrogens (tertiary/aromatic N) is 5. The minimum Gasteiger partial charge on any atom is -0.345 e. The Morgan fingerprint density at radius 3 is 2.50 bits per heavy atom. The summed E-state index contributed by atoms with van der Waals surface area (Å²) in [6, 6.07) is 10.6. The SMILES string of the molecule is CC(C)(C)c1nc(C(=O)NCc2ccc(-c3ncnn4cc(-c5ccc(C=O)c(F)c5)cc34)cc2F)no1. The summed E-state index contributed by atoms with van der Waals surface area (Å²) in [4.78, 5) is 31.7. The number of carbonyl (C=O) groups excluding carboxylic acids is 2. The monoisotopic (exact) mass is 516 g/mol. The van der Waals surface area contributed by atoms with Gasteiger partial charge in [-0.15, -0.1) is 0 Å². The number of rotatable bonds is 6. The molecule has 2 aromatic carbocycles. The molecule has 38 heavy (non-hydrogen) atoms. The fourth-order valence-corrected chi connectivity index (χ4v) is 3.83. The van der Waals surface area contributed by atoms with Crippen molar-refractivity contribution in [2.75, 3.05) is 0 Å². The molecule has 0 aliphatic carbocycles. The first-order valence-corrected chi connectivity index (χ1v) is 11.6. The van der Waals surface area contributed by atoms with Crippen LogP contribution in [0.1, 0.15) is 53.2 Å². The third kappa shape index (κ3) is 4.77. The average molecular weight is 517 g/mol. The number of hydrogen-bond acceptors (Lipinski definition) is 7. The fourth-order valence-electron chi connectivity index (χ4n) is 3.83. The Kier molecular flexibility index (Phi) is 6.27. The van der Waals surface area contributed by atoms with Crippen molar-refractivity contribution in [3.05, 3.63) is 89.5 Å². The summed E-state index contributed by atoms with van der Waals surface area (Å²) in [6.45, 7) is 5.56. The molecule has 0 atom stereocenters. The van der Waals surface area contributed by atoms with Crippen LogP contribution in [0.2, 0.25) is 0 Å². The Morgan fingerprint density at radius 2 is 1.82 bits per heavy atom. The summed E-state index contributed by atoms with van der Waals surface area (Å²) in [5, 5.41) is 10.5. The fraction of sp³-hybridized carbons (Fsp3) is 0.185. The molecular weight excluding hydrogens is 494 g/mol. The zero-order valence-corrected chi connectivity index (χ0v) is 20.7. The van der Waals surface area contributed by atoms with E-state index < -0.39 is 23.0 Å². The average Bonchev–Trinajstić information content (AvgIpc) is 3.55. The molecule has 3 aromatic heterocycles.